The molecular formula is C19H26ClIN6O2. The molecule has 1 saturated heterocycles. The number of carbonyl (C=O) groups excluding carboxylic acids is 1. The minimum absolute atomic E-state index is 0. The van der Waals surface area contributed by atoms with E-state index >= 15 is 0 Å². The van der Waals surface area contributed by atoms with Gasteiger partial charge in [0.15, 0.2) is 11.8 Å². The summed E-state index contributed by atoms with van der Waals surface area (Å²) in [5.74, 6) is 2.18. The summed E-state index contributed by atoms with van der Waals surface area (Å²) in [6, 6.07) is 7.45. The smallest absolute Gasteiger partial charge is 0.228 e. The molecular weight excluding hydrogens is 507 g/mol. The molecule has 0 bridgehead atoms. The van der Waals surface area contributed by atoms with E-state index in [0.29, 0.717) is 49.2 Å². The number of amides is 1. The number of guanidine groups is 1. The van der Waals surface area contributed by atoms with Crippen molar-refractivity contribution in [2.75, 3.05) is 39.8 Å². The zero-order valence-electron chi connectivity index (χ0n) is 16.6. The SMILES string of the molecule is CN=C(NCCc1nc(C)no1)N1CCN(C(=O)Cc2cccc(Cl)c2)CC1.I. The highest BCUT2D eigenvalue weighted by Gasteiger charge is 2.23. The standard InChI is InChI=1S/C19H25ClN6O2.HI/c1-14-23-17(28-24-14)6-7-22-19(21-2)26-10-8-25(9-11-26)18(27)13-15-4-3-5-16(20)12-15;/h3-5,12H,6-11,13H2,1-2H3,(H,21,22);1H. The molecule has 2 heterocycles. The summed E-state index contributed by atoms with van der Waals surface area (Å²) in [4.78, 5) is 25.1. The molecule has 1 amide bonds. The molecule has 1 aromatic carbocycles. The highest BCUT2D eigenvalue weighted by molar-refractivity contribution is 14.0. The summed E-state index contributed by atoms with van der Waals surface area (Å²) in [5, 5.41) is 7.76. The second-order valence-corrected chi connectivity index (χ2v) is 7.07. The number of aryl methyl sites for hydroxylation is 1. The fourth-order valence-electron chi connectivity index (χ4n) is 3.16. The van der Waals surface area contributed by atoms with Crippen molar-refractivity contribution in [2.24, 2.45) is 4.99 Å². The van der Waals surface area contributed by atoms with Crippen LogP contribution in [0.15, 0.2) is 33.8 Å². The molecule has 29 heavy (non-hydrogen) atoms. The Morgan fingerprint density at radius 1 is 1.28 bits per heavy atom. The topological polar surface area (TPSA) is 86.9 Å². The quantitative estimate of drug-likeness (QED) is 0.361. The first kappa shape index (κ1) is 23.4. The molecule has 0 aliphatic carbocycles. The molecule has 8 nitrogen and oxygen atoms in total. The number of nitrogens with one attached hydrogen (secondary N) is 1. The monoisotopic (exact) mass is 532 g/mol. The number of piperazine rings is 1. The van der Waals surface area contributed by atoms with Crippen molar-refractivity contribution in [1.29, 1.82) is 0 Å². The van der Waals surface area contributed by atoms with Crippen LogP contribution in [-0.4, -0.2) is 71.6 Å². The summed E-state index contributed by atoms with van der Waals surface area (Å²) < 4.78 is 5.11. The van der Waals surface area contributed by atoms with Crippen LogP contribution in [0.1, 0.15) is 17.3 Å². The van der Waals surface area contributed by atoms with Gasteiger partial charge in [-0.25, -0.2) is 0 Å². The molecule has 0 spiro atoms. The van der Waals surface area contributed by atoms with Crippen LogP contribution in [0.2, 0.25) is 5.02 Å². The van der Waals surface area contributed by atoms with Gasteiger partial charge in [0.1, 0.15) is 0 Å². The largest absolute Gasteiger partial charge is 0.356 e. The zero-order valence-corrected chi connectivity index (χ0v) is 19.7. The van der Waals surface area contributed by atoms with Crippen LogP contribution in [0.3, 0.4) is 0 Å². The summed E-state index contributed by atoms with van der Waals surface area (Å²) in [5.41, 5.74) is 0.939. The Kier molecular flexibility index (Phi) is 9.15. The third-order valence-corrected chi connectivity index (χ3v) is 4.81. The molecule has 1 N–H and O–H groups in total. The fourth-order valence-corrected chi connectivity index (χ4v) is 3.37. The Balaban J connectivity index is 0.00000300. The van der Waals surface area contributed by atoms with E-state index in [-0.39, 0.29) is 29.9 Å². The highest BCUT2D eigenvalue weighted by Crippen LogP contribution is 2.13. The minimum Gasteiger partial charge on any atom is -0.356 e. The van der Waals surface area contributed by atoms with E-state index in [1.54, 1.807) is 14.0 Å². The van der Waals surface area contributed by atoms with Gasteiger partial charge in [-0.3, -0.25) is 9.79 Å². The maximum absolute atomic E-state index is 12.6. The van der Waals surface area contributed by atoms with Crippen molar-refractivity contribution in [3.63, 3.8) is 0 Å². The summed E-state index contributed by atoms with van der Waals surface area (Å²) >= 11 is 6.00. The predicted molar refractivity (Wildman–Crippen MR) is 123 cm³/mol. The van der Waals surface area contributed by atoms with Crippen molar-refractivity contribution in [1.82, 2.24) is 25.3 Å². The van der Waals surface area contributed by atoms with Gasteiger partial charge in [0.05, 0.1) is 6.42 Å². The summed E-state index contributed by atoms with van der Waals surface area (Å²) in [6.45, 7) is 5.27. The number of aromatic nitrogens is 2. The number of halogens is 2. The molecule has 1 fully saturated rings. The second-order valence-electron chi connectivity index (χ2n) is 6.63. The summed E-state index contributed by atoms with van der Waals surface area (Å²) in [7, 11) is 1.76. The van der Waals surface area contributed by atoms with Crippen molar-refractivity contribution >= 4 is 47.4 Å². The van der Waals surface area contributed by atoms with E-state index in [4.69, 9.17) is 16.1 Å². The van der Waals surface area contributed by atoms with Gasteiger partial charge in [0, 0.05) is 51.2 Å². The van der Waals surface area contributed by atoms with Crippen molar-refractivity contribution in [3.8, 4) is 0 Å². The van der Waals surface area contributed by atoms with Gasteiger partial charge in [-0.1, -0.05) is 28.9 Å². The van der Waals surface area contributed by atoms with E-state index in [1.165, 1.54) is 0 Å². The third kappa shape index (κ3) is 6.84. The number of nitrogens with zero attached hydrogens (tertiary/aromatic N) is 5. The van der Waals surface area contributed by atoms with Crippen LogP contribution in [0.4, 0.5) is 0 Å². The number of benzene rings is 1. The van der Waals surface area contributed by atoms with Crippen LogP contribution in [0, 0.1) is 6.92 Å². The molecule has 158 valence electrons. The van der Waals surface area contributed by atoms with Gasteiger partial charge in [0.25, 0.3) is 0 Å². The van der Waals surface area contributed by atoms with Crippen molar-refractivity contribution in [2.45, 2.75) is 19.8 Å². The first-order valence-corrected chi connectivity index (χ1v) is 9.70. The van der Waals surface area contributed by atoms with Crippen LogP contribution in [0.25, 0.3) is 0 Å². The maximum atomic E-state index is 12.6. The van der Waals surface area contributed by atoms with Gasteiger partial charge in [0.2, 0.25) is 11.8 Å². The molecule has 0 saturated carbocycles. The predicted octanol–water partition coefficient (Wildman–Crippen LogP) is 2.15. The van der Waals surface area contributed by atoms with Crippen LogP contribution < -0.4 is 5.32 Å². The second kappa shape index (κ2) is 11.3. The molecule has 0 radical (unpaired) electrons. The molecule has 3 rings (SSSR count). The average molecular weight is 533 g/mol. The number of hydrogen-bond acceptors (Lipinski definition) is 5. The molecule has 1 aliphatic rings. The maximum Gasteiger partial charge on any atom is 0.228 e. The number of carbonyl (C=O) groups is 1. The first-order chi connectivity index (χ1) is 13.5. The lowest BCUT2D eigenvalue weighted by atomic mass is 10.1. The summed E-state index contributed by atoms with van der Waals surface area (Å²) in [6.07, 6.45) is 1.01. The van der Waals surface area contributed by atoms with E-state index < -0.39 is 0 Å². The van der Waals surface area contributed by atoms with E-state index in [9.17, 15) is 4.79 Å². The van der Waals surface area contributed by atoms with E-state index in [1.807, 2.05) is 29.2 Å². The molecule has 1 aliphatic heterocycles. The molecule has 2 aromatic rings. The highest BCUT2D eigenvalue weighted by atomic mass is 127. The molecule has 0 atom stereocenters. The zero-order chi connectivity index (χ0) is 19.9. The van der Waals surface area contributed by atoms with Gasteiger partial charge < -0.3 is 19.6 Å². The van der Waals surface area contributed by atoms with Gasteiger partial charge in [-0.05, 0) is 24.6 Å². The third-order valence-electron chi connectivity index (χ3n) is 4.58. The van der Waals surface area contributed by atoms with E-state index in [2.05, 4.69) is 25.3 Å². The fraction of sp³-hybridized carbons (Fsp3) is 0.474. The Hall–Kier alpha value is -1.88. The molecule has 0 unspecified atom stereocenters. The van der Waals surface area contributed by atoms with Crippen LogP contribution in [-0.2, 0) is 17.6 Å². The normalized spacial score (nSPS) is 14.5. The number of aliphatic imine (C=N–C) groups is 1. The average Bonchev–Trinajstić information content (AvgIpc) is 3.10. The van der Waals surface area contributed by atoms with Gasteiger partial charge in [-0.15, -0.1) is 24.0 Å². The first-order valence-electron chi connectivity index (χ1n) is 9.32. The Labute approximate surface area is 192 Å². The van der Waals surface area contributed by atoms with Gasteiger partial charge >= 0.3 is 0 Å². The number of rotatable bonds is 5. The lowest BCUT2D eigenvalue weighted by Crippen LogP contribution is -2.54. The molecule has 1 aromatic heterocycles. The lowest BCUT2D eigenvalue weighted by molar-refractivity contribution is -0.131. The Bertz CT molecular complexity index is 836. The minimum atomic E-state index is 0. The van der Waals surface area contributed by atoms with E-state index in [0.717, 1.165) is 24.6 Å². The van der Waals surface area contributed by atoms with Crippen LogP contribution >= 0.6 is 35.6 Å². The van der Waals surface area contributed by atoms with Crippen molar-refractivity contribution < 1.29 is 9.32 Å². The molecule has 10 heteroatoms. The Morgan fingerprint density at radius 2 is 2.00 bits per heavy atom. The van der Waals surface area contributed by atoms with Crippen molar-refractivity contribution in [3.05, 3.63) is 46.6 Å². The number of hydrogen-bond donors (Lipinski definition) is 1. The lowest BCUT2D eigenvalue weighted by Gasteiger charge is -2.36. The van der Waals surface area contributed by atoms with Crippen LogP contribution in [0.5, 0.6) is 0 Å². The van der Waals surface area contributed by atoms with Gasteiger partial charge in [-0.2, -0.15) is 4.98 Å². The Morgan fingerprint density at radius 3 is 2.62 bits per heavy atom.